The number of aliphatic imine (C=N–C) groups is 1. The van der Waals surface area contributed by atoms with Gasteiger partial charge in [0, 0.05) is 26.1 Å². The summed E-state index contributed by atoms with van der Waals surface area (Å²) in [5, 5.41) is 7.25. The van der Waals surface area contributed by atoms with E-state index in [1.54, 1.807) is 11.0 Å². The van der Waals surface area contributed by atoms with E-state index in [0.29, 0.717) is 25.0 Å². The van der Waals surface area contributed by atoms with Gasteiger partial charge in [-0.1, -0.05) is 0 Å². The summed E-state index contributed by atoms with van der Waals surface area (Å²) < 4.78 is 1.67. The zero-order valence-corrected chi connectivity index (χ0v) is 9.94. The van der Waals surface area contributed by atoms with Gasteiger partial charge in [-0.15, -0.1) is 0 Å². The van der Waals surface area contributed by atoms with Crippen LogP contribution >= 0.6 is 0 Å². The summed E-state index contributed by atoms with van der Waals surface area (Å²) in [5.74, 6) is 6.70. The van der Waals surface area contributed by atoms with Crippen LogP contribution in [0.2, 0.25) is 0 Å². The third-order valence-corrected chi connectivity index (χ3v) is 1.81. The maximum absolute atomic E-state index is 5.33. The maximum atomic E-state index is 5.33. The highest BCUT2D eigenvalue weighted by Crippen LogP contribution is 1.90. The van der Waals surface area contributed by atoms with E-state index in [1.807, 2.05) is 20.9 Å². The Labute approximate surface area is 95.1 Å². The van der Waals surface area contributed by atoms with Gasteiger partial charge < -0.3 is 5.32 Å². The Morgan fingerprint density at radius 2 is 2.38 bits per heavy atom. The van der Waals surface area contributed by atoms with Crippen LogP contribution in [0.5, 0.6) is 0 Å². The van der Waals surface area contributed by atoms with Crippen molar-refractivity contribution in [2.24, 2.45) is 17.9 Å². The molecule has 0 aliphatic rings. The monoisotopic (exact) mass is 225 g/mol. The molecule has 1 aromatic heterocycles. The van der Waals surface area contributed by atoms with Crippen LogP contribution in [0, 0.1) is 0 Å². The molecule has 7 nitrogen and oxygen atoms in total. The minimum absolute atomic E-state index is 0.294. The molecule has 0 aliphatic heterocycles. The maximum Gasteiger partial charge on any atom is 0.205 e. The number of aromatic nitrogens is 3. The van der Waals surface area contributed by atoms with Crippen molar-refractivity contribution in [3.8, 4) is 0 Å². The fourth-order valence-corrected chi connectivity index (χ4v) is 1.17. The van der Waals surface area contributed by atoms with Gasteiger partial charge in [0.1, 0.15) is 6.33 Å². The van der Waals surface area contributed by atoms with Gasteiger partial charge in [0.2, 0.25) is 5.96 Å². The molecule has 0 aliphatic carbocycles. The molecule has 0 atom stereocenters. The van der Waals surface area contributed by atoms with E-state index < -0.39 is 0 Å². The van der Waals surface area contributed by atoms with Crippen molar-refractivity contribution in [3.63, 3.8) is 0 Å². The summed E-state index contributed by atoms with van der Waals surface area (Å²) in [4.78, 5) is 8.38. The van der Waals surface area contributed by atoms with Crippen molar-refractivity contribution in [3.05, 3.63) is 12.2 Å². The van der Waals surface area contributed by atoms with Gasteiger partial charge in [-0.3, -0.25) is 15.1 Å². The number of rotatable bonds is 4. The number of nitrogens with one attached hydrogen (secondary N) is 2. The number of aryl methyl sites for hydroxylation is 1. The van der Waals surface area contributed by atoms with E-state index >= 15 is 0 Å². The smallest absolute Gasteiger partial charge is 0.205 e. The van der Waals surface area contributed by atoms with Crippen molar-refractivity contribution in [1.82, 2.24) is 25.5 Å². The molecule has 0 unspecified atom stereocenters. The van der Waals surface area contributed by atoms with Gasteiger partial charge in [-0.25, -0.2) is 10.8 Å². The van der Waals surface area contributed by atoms with Crippen LogP contribution in [-0.2, 0) is 13.5 Å². The lowest BCUT2D eigenvalue weighted by atomic mass is 10.4. The lowest BCUT2D eigenvalue weighted by molar-refractivity contribution is 0.698. The summed E-state index contributed by atoms with van der Waals surface area (Å²) in [6.07, 6.45) is 2.37. The molecule has 0 bridgehead atoms. The van der Waals surface area contributed by atoms with Crippen molar-refractivity contribution < 1.29 is 0 Å². The Morgan fingerprint density at radius 1 is 1.62 bits per heavy atom. The van der Waals surface area contributed by atoms with E-state index in [2.05, 4.69) is 25.8 Å². The van der Waals surface area contributed by atoms with Crippen LogP contribution in [0.15, 0.2) is 11.3 Å². The van der Waals surface area contributed by atoms with Gasteiger partial charge in [0.15, 0.2) is 5.82 Å². The van der Waals surface area contributed by atoms with Crippen LogP contribution in [0.4, 0.5) is 0 Å². The summed E-state index contributed by atoms with van der Waals surface area (Å²) in [6.45, 7) is 4.64. The Hall–Kier alpha value is -1.63. The highest BCUT2D eigenvalue weighted by molar-refractivity contribution is 5.79. The lowest BCUT2D eigenvalue weighted by Crippen LogP contribution is -2.44. The van der Waals surface area contributed by atoms with E-state index in [9.17, 15) is 0 Å². The zero-order chi connectivity index (χ0) is 12.0. The first kappa shape index (κ1) is 12.4. The Kier molecular flexibility index (Phi) is 4.71. The highest BCUT2D eigenvalue weighted by atomic mass is 15.3. The van der Waals surface area contributed by atoms with E-state index in [4.69, 9.17) is 5.84 Å². The molecular weight excluding hydrogens is 206 g/mol. The minimum Gasteiger partial charge on any atom is -0.353 e. The molecule has 7 heteroatoms. The predicted octanol–water partition coefficient (Wildman–Crippen LogP) is -0.825. The molecule has 0 saturated heterocycles. The Balaban J connectivity index is 2.39. The second kappa shape index (κ2) is 6.06. The molecule has 90 valence electrons. The molecule has 1 rings (SSSR count). The van der Waals surface area contributed by atoms with E-state index in [-0.39, 0.29) is 0 Å². The molecule has 1 heterocycles. The number of hydrogen-bond acceptors (Lipinski definition) is 4. The third-order valence-electron chi connectivity index (χ3n) is 1.81. The van der Waals surface area contributed by atoms with Crippen LogP contribution in [-0.4, -0.2) is 33.3 Å². The van der Waals surface area contributed by atoms with Gasteiger partial charge in [-0.05, 0) is 13.8 Å². The average molecular weight is 225 g/mol. The fraction of sp³-hybridized carbons (Fsp3) is 0.667. The molecule has 0 saturated carbocycles. The number of hydrogen-bond donors (Lipinski definition) is 3. The second-order valence-electron chi connectivity index (χ2n) is 3.76. The second-order valence-corrected chi connectivity index (χ2v) is 3.76. The molecule has 0 radical (unpaired) electrons. The molecule has 0 spiro atoms. The fourth-order valence-electron chi connectivity index (χ4n) is 1.17. The molecule has 0 fully saturated rings. The van der Waals surface area contributed by atoms with Crippen LogP contribution in [0.25, 0.3) is 0 Å². The van der Waals surface area contributed by atoms with Crippen molar-refractivity contribution in [2.45, 2.75) is 26.3 Å². The van der Waals surface area contributed by atoms with E-state index in [1.165, 1.54) is 0 Å². The first-order valence-corrected chi connectivity index (χ1v) is 5.24. The first-order valence-electron chi connectivity index (χ1n) is 5.24. The summed E-state index contributed by atoms with van der Waals surface area (Å²) in [5.41, 5.74) is 2.52. The van der Waals surface area contributed by atoms with Crippen LogP contribution in [0.3, 0.4) is 0 Å². The predicted molar refractivity (Wildman–Crippen MR) is 62.6 cm³/mol. The number of nitrogens with two attached hydrogens (primary N) is 1. The van der Waals surface area contributed by atoms with Gasteiger partial charge in [0.25, 0.3) is 0 Å². The van der Waals surface area contributed by atoms with Gasteiger partial charge in [-0.2, -0.15) is 5.10 Å². The molecule has 0 amide bonds. The van der Waals surface area contributed by atoms with Crippen LogP contribution < -0.4 is 16.6 Å². The number of guanidine groups is 1. The summed E-state index contributed by atoms with van der Waals surface area (Å²) in [6, 6.07) is 0.294. The Bertz CT molecular complexity index is 341. The standard InChI is InChI=1S/C9H19N7/c1-7(2)13-9(14-10)11-5-4-8-12-6-16(3)15-8/h6-7H,4-5,10H2,1-3H3,(H2,11,13,14). The third kappa shape index (κ3) is 4.26. The topological polar surface area (TPSA) is 93.1 Å². The zero-order valence-electron chi connectivity index (χ0n) is 9.94. The largest absolute Gasteiger partial charge is 0.353 e. The minimum atomic E-state index is 0.294. The number of nitrogens with zero attached hydrogens (tertiary/aromatic N) is 4. The average Bonchev–Trinajstić information content (AvgIpc) is 2.62. The summed E-state index contributed by atoms with van der Waals surface area (Å²) >= 11 is 0. The highest BCUT2D eigenvalue weighted by Gasteiger charge is 2.00. The normalized spacial score (nSPS) is 11.9. The summed E-state index contributed by atoms with van der Waals surface area (Å²) in [7, 11) is 1.84. The molecule has 4 N–H and O–H groups in total. The number of hydrazine groups is 1. The van der Waals surface area contributed by atoms with Crippen LogP contribution in [0.1, 0.15) is 19.7 Å². The van der Waals surface area contributed by atoms with Crippen molar-refractivity contribution >= 4 is 5.96 Å². The first-order chi connectivity index (χ1) is 7.61. The molecule has 1 aromatic rings. The quantitative estimate of drug-likeness (QED) is 0.269. The van der Waals surface area contributed by atoms with Crippen molar-refractivity contribution in [2.75, 3.05) is 6.54 Å². The lowest BCUT2D eigenvalue weighted by Gasteiger charge is -2.11. The molecule has 16 heavy (non-hydrogen) atoms. The molecular formula is C9H19N7. The van der Waals surface area contributed by atoms with Crippen molar-refractivity contribution in [1.29, 1.82) is 0 Å². The van der Waals surface area contributed by atoms with E-state index in [0.717, 1.165) is 5.82 Å². The molecule has 0 aromatic carbocycles. The van der Waals surface area contributed by atoms with Gasteiger partial charge in [0.05, 0.1) is 0 Å². The SMILES string of the molecule is CC(C)NC(=NCCc1ncn(C)n1)NN. The Morgan fingerprint density at radius 3 is 2.88 bits per heavy atom. The van der Waals surface area contributed by atoms with Gasteiger partial charge >= 0.3 is 0 Å².